The van der Waals surface area contributed by atoms with Gasteiger partial charge in [-0.15, -0.1) is 0 Å². The van der Waals surface area contributed by atoms with Gasteiger partial charge in [0.15, 0.2) is 0 Å². The van der Waals surface area contributed by atoms with E-state index in [-0.39, 0.29) is 16.2 Å². The van der Waals surface area contributed by atoms with Gasteiger partial charge in [-0.2, -0.15) is 0 Å². The van der Waals surface area contributed by atoms with Crippen LogP contribution >= 0.6 is 0 Å². The van der Waals surface area contributed by atoms with Gasteiger partial charge in [0.25, 0.3) is 0 Å². The molecule has 0 aliphatic heterocycles. The van der Waals surface area contributed by atoms with Crippen LogP contribution in [-0.2, 0) is 16.2 Å². The van der Waals surface area contributed by atoms with Gasteiger partial charge in [0.1, 0.15) is 11.2 Å². The number of nitrogens with zero attached hydrogens (tertiary/aromatic N) is 2. The minimum Gasteiger partial charge on any atom is -0.456 e. The summed E-state index contributed by atoms with van der Waals surface area (Å²) < 4.78 is 6.92. The Morgan fingerprint density at radius 3 is 1.34 bits per heavy atom. The molecule has 0 unspecified atom stereocenters. The summed E-state index contributed by atoms with van der Waals surface area (Å²) in [4.78, 5) is 4.92. The van der Waals surface area contributed by atoms with Crippen LogP contribution in [0.5, 0.6) is 0 Å². The third-order valence-electron chi connectivity index (χ3n) is 17.3. The molecule has 3 heteroatoms. The van der Waals surface area contributed by atoms with Gasteiger partial charge in [-0.25, -0.2) is 0 Å². The van der Waals surface area contributed by atoms with Crippen LogP contribution in [0.2, 0.25) is 0 Å². The molecule has 354 valence electrons. The molecule has 0 spiro atoms. The van der Waals surface area contributed by atoms with Crippen molar-refractivity contribution >= 4 is 77.6 Å². The van der Waals surface area contributed by atoms with Gasteiger partial charge in [-0.1, -0.05) is 169 Å². The Bertz CT molecular complexity index is 4350. The summed E-state index contributed by atoms with van der Waals surface area (Å²) in [6.45, 7) is 14.3. The second kappa shape index (κ2) is 15.2. The molecule has 15 rings (SSSR count). The van der Waals surface area contributed by atoms with Crippen molar-refractivity contribution in [2.45, 2.75) is 57.8 Å². The lowest BCUT2D eigenvalue weighted by Crippen LogP contribution is -2.20. The van der Waals surface area contributed by atoms with Crippen molar-refractivity contribution in [1.29, 1.82) is 0 Å². The van der Waals surface area contributed by atoms with Gasteiger partial charge in [-0.05, 0) is 179 Å². The van der Waals surface area contributed by atoms with Crippen LogP contribution in [0, 0.1) is 0 Å². The van der Waals surface area contributed by atoms with Crippen LogP contribution < -0.4 is 9.80 Å². The highest BCUT2D eigenvalue weighted by molar-refractivity contribution is 6.15. The highest BCUT2D eigenvalue weighted by Gasteiger charge is 2.42. The highest BCUT2D eigenvalue weighted by atomic mass is 16.3. The number of hydrogen-bond acceptors (Lipinski definition) is 3. The van der Waals surface area contributed by atoms with Gasteiger partial charge >= 0.3 is 0 Å². The number of anilines is 6. The molecule has 11 aromatic carbocycles. The van der Waals surface area contributed by atoms with E-state index >= 15 is 0 Å². The molecule has 1 heterocycles. The molecule has 0 radical (unpaired) electrons. The van der Waals surface area contributed by atoms with Gasteiger partial charge in [-0.3, -0.25) is 0 Å². The van der Waals surface area contributed by atoms with Gasteiger partial charge in [0.2, 0.25) is 0 Å². The Morgan fingerprint density at radius 1 is 0.297 bits per heavy atom. The van der Waals surface area contributed by atoms with E-state index in [0.717, 1.165) is 44.7 Å². The van der Waals surface area contributed by atoms with Crippen LogP contribution in [0.15, 0.2) is 223 Å². The van der Waals surface area contributed by atoms with Crippen LogP contribution in [0.1, 0.15) is 74.9 Å². The molecule has 0 amide bonds. The number of rotatable bonds is 6. The molecule has 0 fully saturated rings. The van der Waals surface area contributed by atoms with E-state index in [1.807, 2.05) is 0 Å². The van der Waals surface area contributed by atoms with Gasteiger partial charge < -0.3 is 14.2 Å². The lowest BCUT2D eigenvalue weighted by atomic mass is 9.80. The smallest absolute Gasteiger partial charge is 0.136 e. The molecule has 74 heavy (non-hydrogen) atoms. The SMILES string of the molecule is CC1(C)c2ccccc2-c2cccc(N(c3ccccc3)c3ccc4cc5c(cc4c3)C(C)(C)c3c-5ccc4oc5cc6cc(N(c7ccccc7)c7cccc8c7C(C)(C)c7ccccc7-8)ccc6cc5c34)c21. The molecular weight excluding hydrogens is 897 g/mol. The van der Waals surface area contributed by atoms with E-state index < -0.39 is 0 Å². The van der Waals surface area contributed by atoms with Crippen LogP contribution in [0.3, 0.4) is 0 Å². The quantitative estimate of drug-likeness (QED) is 0.166. The van der Waals surface area contributed by atoms with E-state index in [2.05, 4.69) is 270 Å². The predicted molar refractivity (Wildman–Crippen MR) is 311 cm³/mol. The Balaban J connectivity index is 0.844. The summed E-state index contributed by atoms with van der Waals surface area (Å²) in [5.74, 6) is 0. The molecule has 12 aromatic rings. The molecule has 0 bridgehead atoms. The zero-order chi connectivity index (χ0) is 49.8. The third kappa shape index (κ3) is 5.90. The third-order valence-corrected chi connectivity index (χ3v) is 17.3. The first-order valence-electron chi connectivity index (χ1n) is 26.2. The Kier molecular flexibility index (Phi) is 8.82. The summed E-state index contributed by atoms with van der Waals surface area (Å²) in [5, 5.41) is 7.15. The maximum Gasteiger partial charge on any atom is 0.136 e. The molecule has 3 nitrogen and oxygen atoms in total. The van der Waals surface area contributed by atoms with E-state index in [4.69, 9.17) is 4.42 Å². The van der Waals surface area contributed by atoms with Crippen molar-refractivity contribution in [2.24, 2.45) is 0 Å². The van der Waals surface area contributed by atoms with Gasteiger partial charge in [0, 0.05) is 49.8 Å². The fourth-order valence-corrected chi connectivity index (χ4v) is 13.9. The summed E-state index contributed by atoms with van der Waals surface area (Å²) >= 11 is 0. The number of para-hydroxylation sites is 2. The fraction of sp³-hybridized carbons (Fsp3) is 0.127. The summed E-state index contributed by atoms with van der Waals surface area (Å²) in [6, 6.07) is 81.2. The second-order valence-corrected chi connectivity index (χ2v) is 22.5. The first kappa shape index (κ1) is 43.0. The zero-order valence-corrected chi connectivity index (χ0v) is 42.6. The minimum atomic E-state index is -0.293. The number of hydrogen-bond donors (Lipinski definition) is 0. The standard InChI is InChI=1S/C71H54N2O/c1-69(2)58-27-15-13-23-51(58)53-25-17-29-61(66(53)69)72(47-19-9-7-10-20-47)49-33-31-43-39-56-55-35-36-63-65(68(55)71(5,6)60(56)41-45(43)37-49)57-40-44-32-34-50(38-46(44)42-64(57)74-63)73(48-21-11-8-12-22-48)62-30-18-26-54-52-24-14-16-28-59(52)70(3,4)67(54)62/h7-42H,1-6H3. The van der Waals surface area contributed by atoms with E-state index in [1.165, 1.54) is 99.7 Å². The van der Waals surface area contributed by atoms with Crippen molar-refractivity contribution in [2.75, 3.05) is 9.80 Å². The molecule has 0 atom stereocenters. The largest absolute Gasteiger partial charge is 0.456 e. The van der Waals surface area contributed by atoms with Crippen molar-refractivity contribution < 1.29 is 4.42 Å². The van der Waals surface area contributed by atoms with Crippen LogP contribution in [0.25, 0.3) is 76.9 Å². The molecule has 3 aliphatic rings. The molecular formula is C71H54N2O. The molecule has 3 aliphatic carbocycles. The zero-order valence-electron chi connectivity index (χ0n) is 42.6. The second-order valence-electron chi connectivity index (χ2n) is 22.5. The Labute approximate surface area is 432 Å². The van der Waals surface area contributed by atoms with Crippen molar-refractivity contribution in [3.8, 4) is 33.4 Å². The van der Waals surface area contributed by atoms with Gasteiger partial charge in [0.05, 0.1) is 11.4 Å². The molecule has 1 aromatic heterocycles. The average Bonchev–Trinajstić information content (AvgIpc) is 4.07. The van der Waals surface area contributed by atoms with Crippen LogP contribution in [-0.4, -0.2) is 0 Å². The summed E-state index contributed by atoms with van der Waals surface area (Å²) in [6.07, 6.45) is 0. The lowest BCUT2D eigenvalue weighted by molar-refractivity contribution is 0.657. The summed E-state index contributed by atoms with van der Waals surface area (Å²) in [7, 11) is 0. The predicted octanol–water partition coefficient (Wildman–Crippen LogP) is 19.8. The van der Waals surface area contributed by atoms with Crippen molar-refractivity contribution in [1.82, 2.24) is 0 Å². The first-order valence-corrected chi connectivity index (χ1v) is 26.2. The number of fused-ring (bicyclic) bond motifs is 15. The van der Waals surface area contributed by atoms with Crippen LogP contribution in [0.4, 0.5) is 34.1 Å². The monoisotopic (exact) mass is 950 g/mol. The lowest BCUT2D eigenvalue weighted by Gasteiger charge is -2.32. The highest BCUT2D eigenvalue weighted by Crippen LogP contribution is 2.58. The van der Waals surface area contributed by atoms with E-state index in [0.29, 0.717) is 0 Å². The number of benzene rings is 11. The van der Waals surface area contributed by atoms with Crippen molar-refractivity contribution in [3.05, 3.63) is 252 Å². The summed E-state index contributed by atoms with van der Waals surface area (Å²) in [5.41, 5.74) is 24.1. The molecule has 0 saturated heterocycles. The van der Waals surface area contributed by atoms with E-state index in [1.54, 1.807) is 0 Å². The minimum absolute atomic E-state index is 0.168. The normalized spacial score (nSPS) is 14.9. The fourth-order valence-electron chi connectivity index (χ4n) is 13.9. The first-order chi connectivity index (χ1) is 36.0. The Hall–Kier alpha value is -8.66. The average molecular weight is 951 g/mol. The number of furan rings is 1. The maximum absolute atomic E-state index is 6.92. The molecule has 0 saturated carbocycles. The molecule has 0 N–H and O–H groups in total. The Morgan fingerprint density at radius 2 is 0.770 bits per heavy atom. The van der Waals surface area contributed by atoms with E-state index in [9.17, 15) is 0 Å². The topological polar surface area (TPSA) is 19.6 Å². The van der Waals surface area contributed by atoms with Crippen molar-refractivity contribution in [3.63, 3.8) is 0 Å². The maximum atomic E-state index is 6.92.